The van der Waals surface area contributed by atoms with Gasteiger partial charge in [0.1, 0.15) is 17.0 Å². The fourth-order valence-electron chi connectivity index (χ4n) is 6.33. The quantitative estimate of drug-likeness (QED) is 0.229. The molecule has 0 aromatic heterocycles. The number of aliphatic carboxylic acids is 1. The Balaban J connectivity index is 1.74. The highest BCUT2D eigenvalue weighted by Crippen LogP contribution is 2.57. The number of rotatable bonds is 10. The zero-order valence-corrected chi connectivity index (χ0v) is 25.4. The summed E-state index contributed by atoms with van der Waals surface area (Å²) in [6.07, 6.45) is -2.64. The molecule has 2 amide bonds. The van der Waals surface area contributed by atoms with E-state index < -0.39 is 71.5 Å². The number of amides is 2. The monoisotopic (exact) mass is 641 g/mol. The van der Waals surface area contributed by atoms with Gasteiger partial charge in [-0.3, -0.25) is 14.4 Å². The minimum absolute atomic E-state index is 0.0196. The topological polar surface area (TPSA) is 148 Å². The van der Waals surface area contributed by atoms with Crippen molar-refractivity contribution in [1.82, 2.24) is 10.6 Å². The van der Waals surface area contributed by atoms with Gasteiger partial charge in [-0.1, -0.05) is 50.0 Å². The van der Waals surface area contributed by atoms with Gasteiger partial charge in [0.2, 0.25) is 11.8 Å². The van der Waals surface area contributed by atoms with Gasteiger partial charge in [-0.05, 0) is 60.1 Å². The first-order chi connectivity index (χ1) is 20.0. The molecule has 13 heteroatoms. The summed E-state index contributed by atoms with van der Waals surface area (Å²) in [6, 6.07) is 4.72. The second-order valence-electron chi connectivity index (χ2n) is 12.5. The van der Waals surface area contributed by atoms with E-state index in [1.165, 1.54) is 24.3 Å². The molecule has 43 heavy (non-hydrogen) atoms. The Labute approximate surface area is 258 Å². The van der Waals surface area contributed by atoms with Gasteiger partial charge in [0.15, 0.2) is 0 Å². The summed E-state index contributed by atoms with van der Waals surface area (Å²) in [5.74, 6) is -4.61. The molecule has 4 rings (SSSR count). The average molecular weight is 643 g/mol. The van der Waals surface area contributed by atoms with Crippen LogP contribution in [0.5, 0.6) is 0 Å². The summed E-state index contributed by atoms with van der Waals surface area (Å²) in [5, 5.41) is 37.4. The number of halogens is 4. The maximum absolute atomic E-state index is 15.0. The van der Waals surface area contributed by atoms with E-state index in [1.807, 2.05) is 20.8 Å². The number of carbonyl (C=O) groups is 3. The lowest BCUT2D eigenvalue weighted by Crippen LogP contribution is -2.49. The molecule has 0 aliphatic carbocycles. The molecule has 1 spiro atoms. The van der Waals surface area contributed by atoms with Crippen LogP contribution in [0.3, 0.4) is 0 Å². The molecule has 1 saturated heterocycles. The van der Waals surface area contributed by atoms with E-state index in [4.69, 9.17) is 28.3 Å². The van der Waals surface area contributed by atoms with Crippen LogP contribution in [0.15, 0.2) is 30.3 Å². The summed E-state index contributed by atoms with van der Waals surface area (Å²) >= 11 is 12.2. The fourth-order valence-corrected chi connectivity index (χ4v) is 6.68. The second kappa shape index (κ2) is 12.6. The number of anilines is 1. The summed E-state index contributed by atoms with van der Waals surface area (Å²) in [6.45, 7) is 5.88. The zero-order valence-electron chi connectivity index (χ0n) is 23.9. The molecule has 234 valence electrons. The average Bonchev–Trinajstić information content (AvgIpc) is 3.34. The summed E-state index contributed by atoms with van der Waals surface area (Å²) < 4.78 is 29.3. The third-order valence-electron chi connectivity index (χ3n) is 8.02. The van der Waals surface area contributed by atoms with Crippen molar-refractivity contribution in [3.63, 3.8) is 0 Å². The van der Waals surface area contributed by atoms with Crippen molar-refractivity contribution < 1.29 is 38.5 Å². The maximum Gasteiger partial charge on any atom is 0.305 e. The molecule has 0 unspecified atom stereocenters. The van der Waals surface area contributed by atoms with Crippen molar-refractivity contribution in [3.8, 4) is 0 Å². The Kier molecular flexibility index (Phi) is 9.73. The van der Waals surface area contributed by atoms with Crippen molar-refractivity contribution in [2.24, 2.45) is 5.41 Å². The normalized spacial score (nSPS) is 24.5. The van der Waals surface area contributed by atoms with Gasteiger partial charge in [-0.25, -0.2) is 8.78 Å². The van der Waals surface area contributed by atoms with Crippen molar-refractivity contribution in [2.45, 2.75) is 82.1 Å². The minimum Gasteiger partial charge on any atom is -0.481 e. The Morgan fingerprint density at radius 2 is 1.74 bits per heavy atom. The van der Waals surface area contributed by atoms with Gasteiger partial charge < -0.3 is 31.3 Å². The van der Waals surface area contributed by atoms with E-state index in [1.54, 1.807) is 0 Å². The van der Waals surface area contributed by atoms with Crippen LogP contribution in [0.2, 0.25) is 10.0 Å². The summed E-state index contributed by atoms with van der Waals surface area (Å²) in [5.41, 5.74) is -0.872. The third kappa shape index (κ3) is 6.81. The minimum atomic E-state index is -1.52. The molecule has 2 heterocycles. The van der Waals surface area contributed by atoms with Crippen LogP contribution in [0.4, 0.5) is 14.5 Å². The zero-order chi connectivity index (χ0) is 31.9. The Morgan fingerprint density at radius 3 is 2.37 bits per heavy atom. The second-order valence-corrected chi connectivity index (χ2v) is 13.3. The Morgan fingerprint density at radius 1 is 1.07 bits per heavy atom. The Hall–Kier alpha value is -2.83. The van der Waals surface area contributed by atoms with Gasteiger partial charge in [0.25, 0.3) is 0 Å². The lowest BCUT2D eigenvalue weighted by molar-refractivity contribution is -0.139. The molecule has 2 aromatic rings. The highest BCUT2D eigenvalue weighted by atomic mass is 35.5. The van der Waals surface area contributed by atoms with Crippen LogP contribution in [-0.2, 0) is 19.8 Å². The van der Waals surface area contributed by atoms with Gasteiger partial charge in [-0.2, -0.15) is 0 Å². The number of aliphatic hydroxyl groups excluding tert-OH is 2. The molecular formula is C30H35Cl2F2N3O6. The van der Waals surface area contributed by atoms with E-state index in [0.717, 1.165) is 6.07 Å². The number of carboxylic acids is 1. The molecule has 1 fully saturated rings. The number of hydrogen-bond donors (Lipinski definition) is 6. The van der Waals surface area contributed by atoms with Crippen molar-refractivity contribution in [2.75, 3.05) is 11.9 Å². The molecule has 6 N–H and O–H groups in total. The van der Waals surface area contributed by atoms with Gasteiger partial charge in [0, 0.05) is 24.2 Å². The molecule has 2 aliphatic rings. The largest absolute Gasteiger partial charge is 0.481 e. The van der Waals surface area contributed by atoms with Crippen LogP contribution in [0.25, 0.3) is 0 Å². The SMILES string of the molecule is CC(C)(C)C[C@H]1N[C@@H](C(=O)NCC[C@@H](O)C[C@@H](O)CC(=O)O)[C@H](c2ccc(F)c(Cl)c2)[C@@]12C(=O)Nc1cc(Cl)c(F)cc12. The first kappa shape index (κ1) is 33.1. The highest BCUT2D eigenvalue weighted by molar-refractivity contribution is 6.31. The van der Waals surface area contributed by atoms with Crippen LogP contribution < -0.4 is 16.0 Å². The van der Waals surface area contributed by atoms with Gasteiger partial charge in [-0.15, -0.1) is 0 Å². The van der Waals surface area contributed by atoms with Crippen molar-refractivity contribution in [1.29, 1.82) is 0 Å². The number of fused-ring (bicyclic) bond motifs is 2. The first-order valence-electron chi connectivity index (χ1n) is 13.9. The van der Waals surface area contributed by atoms with E-state index >= 15 is 0 Å². The van der Waals surface area contributed by atoms with Crippen molar-refractivity contribution >= 4 is 46.7 Å². The van der Waals surface area contributed by atoms with E-state index in [9.17, 15) is 33.4 Å². The number of carbonyl (C=O) groups excluding carboxylic acids is 2. The van der Waals surface area contributed by atoms with E-state index in [0.29, 0.717) is 23.2 Å². The highest BCUT2D eigenvalue weighted by Gasteiger charge is 2.66. The first-order valence-corrected chi connectivity index (χ1v) is 14.7. The third-order valence-corrected chi connectivity index (χ3v) is 8.60. The lowest BCUT2D eigenvalue weighted by atomic mass is 9.62. The molecule has 9 nitrogen and oxygen atoms in total. The van der Waals surface area contributed by atoms with Crippen LogP contribution in [0.1, 0.15) is 63.5 Å². The molecular weight excluding hydrogens is 607 g/mol. The molecule has 0 radical (unpaired) electrons. The number of aliphatic hydroxyl groups is 2. The predicted molar refractivity (Wildman–Crippen MR) is 157 cm³/mol. The molecule has 2 aliphatic heterocycles. The number of hydrogen-bond acceptors (Lipinski definition) is 6. The molecule has 6 atom stereocenters. The standard InChI is InChI=1S/C30H35Cl2F2N3O6/c1-29(2,3)13-23-30(17-11-21(34)19(32)12-22(17)36-28(30)43)25(14-4-5-20(33)18(31)8-14)26(37-23)27(42)35-7-6-15(38)9-16(39)10-24(40)41/h4-5,8,11-12,15-16,23,25-26,37-39H,6-7,9-10,13H2,1-3H3,(H,35,42)(H,36,43)(H,40,41)/t15-,16-,23-,25+,26-,30+/m1/s1. The van der Waals surface area contributed by atoms with Crippen LogP contribution >= 0.6 is 23.2 Å². The molecule has 0 bridgehead atoms. The van der Waals surface area contributed by atoms with Gasteiger partial charge in [0.05, 0.1) is 34.7 Å². The van der Waals surface area contributed by atoms with Crippen molar-refractivity contribution in [3.05, 3.63) is 63.1 Å². The number of nitrogens with one attached hydrogen (secondary N) is 3. The summed E-state index contributed by atoms with van der Waals surface area (Å²) in [7, 11) is 0. The fraction of sp³-hybridized carbons (Fsp3) is 0.500. The van der Waals surface area contributed by atoms with E-state index in [-0.39, 0.29) is 34.8 Å². The number of benzene rings is 2. The molecule has 2 aromatic carbocycles. The van der Waals surface area contributed by atoms with Crippen LogP contribution in [0, 0.1) is 17.0 Å². The van der Waals surface area contributed by atoms with E-state index in [2.05, 4.69) is 16.0 Å². The Bertz CT molecular complexity index is 1420. The summed E-state index contributed by atoms with van der Waals surface area (Å²) in [4.78, 5) is 38.7. The number of carboxylic acid groups (broad SMARTS) is 1. The lowest BCUT2D eigenvalue weighted by Gasteiger charge is -2.37. The maximum atomic E-state index is 15.0. The molecule has 0 saturated carbocycles. The smallest absolute Gasteiger partial charge is 0.305 e. The van der Waals surface area contributed by atoms with Gasteiger partial charge >= 0.3 is 5.97 Å². The van der Waals surface area contributed by atoms with Crippen LogP contribution in [-0.4, -0.2) is 63.9 Å². The predicted octanol–water partition coefficient (Wildman–Crippen LogP) is 4.11.